The smallest absolute Gasteiger partial charge is 0.243 e. The number of likely N-dealkylation sites (N-methyl/N-ethyl adjacent to an activating group) is 1. The first-order valence-corrected chi connectivity index (χ1v) is 8.55. The lowest BCUT2D eigenvalue weighted by Crippen LogP contribution is -2.46. The van der Waals surface area contributed by atoms with Gasteiger partial charge in [-0.2, -0.15) is 4.31 Å². The van der Waals surface area contributed by atoms with Crippen molar-refractivity contribution in [1.82, 2.24) is 4.31 Å². The molecule has 2 rings (SSSR count). The van der Waals surface area contributed by atoms with Crippen LogP contribution in [0.15, 0.2) is 29.2 Å². The van der Waals surface area contributed by atoms with Crippen molar-refractivity contribution in [3.63, 3.8) is 0 Å². The number of sulfonamides is 1. The molecule has 1 N–H and O–H groups in total. The van der Waals surface area contributed by atoms with E-state index in [0.29, 0.717) is 18.4 Å². The molecular weight excluding hydrogens is 290 g/mol. The SMILES string of the molecule is CC(=O)c1cccc(S(=O)(=O)N(C)C2CCCCC2O)c1. The van der Waals surface area contributed by atoms with Crippen molar-refractivity contribution in [2.45, 2.75) is 49.6 Å². The van der Waals surface area contributed by atoms with Gasteiger partial charge in [-0.3, -0.25) is 4.79 Å². The van der Waals surface area contributed by atoms with E-state index < -0.39 is 22.2 Å². The largest absolute Gasteiger partial charge is 0.391 e. The van der Waals surface area contributed by atoms with Crippen molar-refractivity contribution in [2.24, 2.45) is 0 Å². The first kappa shape index (κ1) is 16.1. The highest BCUT2D eigenvalue weighted by Crippen LogP contribution is 2.27. The topological polar surface area (TPSA) is 74.7 Å². The lowest BCUT2D eigenvalue weighted by atomic mass is 9.93. The third-order valence-corrected chi connectivity index (χ3v) is 5.96. The van der Waals surface area contributed by atoms with Gasteiger partial charge in [-0.05, 0) is 31.9 Å². The molecule has 6 heteroatoms. The number of hydrogen-bond acceptors (Lipinski definition) is 4. The Morgan fingerprint density at radius 3 is 2.57 bits per heavy atom. The molecule has 0 amide bonds. The molecule has 0 spiro atoms. The van der Waals surface area contributed by atoms with E-state index >= 15 is 0 Å². The summed E-state index contributed by atoms with van der Waals surface area (Å²) >= 11 is 0. The summed E-state index contributed by atoms with van der Waals surface area (Å²) < 4.78 is 26.6. The molecule has 0 saturated heterocycles. The molecule has 1 aliphatic rings. The average Bonchev–Trinajstić information content (AvgIpc) is 2.47. The highest BCUT2D eigenvalue weighted by molar-refractivity contribution is 7.89. The van der Waals surface area contributed by atoms with Gasteiger partial charge in [-0.1, -0.05) is 25.0 Å². The number of carbonyl (C=O) groups is 1. The van der Waals surface area contributed by atoms with Gasteiger partial charge in [-0.15, -0.1) is 0 Å². The molecule has 21 heavy (non-hydrogen) atoms. The summed E-state index contributed by atoms with van der Waals surface area (Å²) in [7, 11) is -2.21. The molecule has 1 aromatic rings. The molecule has 1 fully saturated rings. The summed E-state index contributed by atoms with van der Waals surface area (Å²) in [6.45, 7) is 1.40. The Kier molecular flexibility index (Phi) is 4.81. The Hall–Kier alpha value is -1.24. The van der Waals surface area contributed by atoms with Crippen molar-refractivity contribution in [2.75, 3.05) is 7.05 Å². The minimum absolute atomic E-state index is 0.0930. The van der Waals surface area contributed by atoms with Gasteiger partial charge >= 0.3 is 0 Å². The van der Waals surface area contributed by atoms with Crippen molar-refractivity contribution in [3.05, 3.63) is 29.8 Å². The number of ketones is 1. The van der Waals surface area contributed by atoms with Gasteiger partial charge < -0.3 is 5.11 Å². The second kappa shape index (κ2) is 6.25. The summed E-state index contributed by atoms with van der Waals surface area (Å²) in [5.74, 6) is -0.174. The Bertz CT molecular complexity index is 626. The summed E-state index contributed by atoms with van der Waals surface area (Å²) in [5.41, 5.74) is 0.369. The van der Waals surface area contributed by atoms with Crippen LogP contribution in [0.25, 0.3) is 0 Å². The number of hydrogen-bond donors (Lipinski definition) is 1. The highest BCUT2D eigenvalue weighted by Gasteiger charge is 2.34. The second-order valence-corrected chi connectivity index (χ2v) is 7.52. The summed E-state index contributed by atoms with van der Waals surface area (Å²) in [6, 6.07) is 5.63. The van der Waals surface area contributed by atoms with Gasteiger partial charge in [0.05, 0.1) is 17.0 Å². The fourth-order valence-electron chi connectivity index (χ4n) is 2.74. The normalized spacial score (nSPS) is 23.2. The Morgan fingerprint density at radius 2 is 1.95 bits per heavy atom. The second-order valence-electron chi connectivity index (χ2n) is 5.52. The molecule has 2 unspecified atom stereocenters. The number of Topliss-reactive ketones (excluding diaryl/α,β-unsaturated/α-hetero) is 1. The third-order valence-electron chi connectivity index (χ3n) is 4.08. The van der Waals surface area contributed by atoms with E-state index in [4.69, 9.17) is 0 Å². The quantitative estimate of drug-likeness (QED) is 0.861. The fraction of sp³-hybridized carbons (Fsp3) is 0.533. The van der Waals surface area contributed by atoms with Crippen molar-refractivity contribution < 1.29 is 18.3 Å². The summed E-state index contributed by atoms with van der Waals surface area (Å²) in [5, 5.41) is 10.0. The van der Waals surface area contributed by atoms with Gasteiger partial charge in [-0.25, -0.2) is 8.42 Å². The number of carbonyl (C=O) groups excluding carboxylic acids is 1. The maximum absolute atomic E-state index is 12.7. The first-order chi connectivity index (χ1) is 9.84. The van der Waals surface area contributed by atoms with Crippen LogP contribution in [0, 0.1) is 0 Å². The molecule has 1 aromatic carbocycles. The van der Waals surface area contributed by atoms with Crippen LogP contribution >= 0.6 is 0 Å². The van der Waals surface area contributed by atoms with E-state index in [1.165, 1.54) is 30.4 Å². The van der Waals surface area contributed by atoms with E-state index in [1.54, 1.807) is 12.1 Å². The standard InChI is InChI=1S/C15H21NO4S/c1-11(17)12-6-5-7-13(10-12)21(19,20)16(2)14-8-3-4-9-15(14)18/h5-7,10,14-15,18H,3-4,8-9H2,1-2H3. The maximum Gasteiger partial charge on any atom is 0.243 e. The number of aliphatic hydroxyl groups is 1. The van der Waals surface area contributed by atoms with Crippen molar-refractivity contribution >= 4 is 15.8 Å². The Labute approximate surface area is 125 Å². The van der Waals surface area contributed by atoms with Gasteiger partial charge in [0, 0.05) is 12.6 Å². The summed E-state index contributed by atoms with van der Waals surface area (Å²) in [4.78, 5) is 11.5. The zero-order chi connectivity index (χ0) is 15.6. The molecule has 0 radical (unpaired) electrons. The molecule has 2 atom stereocenters. The van der Waals surface area contributed by atoms with Gasteiger partial charge in [0.15, 0.2) is 5.78 Å². The molecule has 1 saturated carbocycles. The maximum atomic E-state index is 12.7. The predicted molar refractivity (Wildman–Crippen MR) is 79.7 cm³/mol. The Balaban J connectivity index is 2.32. The molecule has 116 valence electrons. The van der Waals surface area contributed by atoms with Gasteiger partial charge in [0.2, 0.25) is 10.0 Å². The molecule has 0 heterocycles. The lowest BCUT2D eigenvalue weighted by Gasteiger charge is -2.34. The number of rotatable bonds is 4. The monoisotopic (exact) mass is 311 g/mol. The van der Waals surface area contributed by atoms with Crippen LogP contribution in [0.3, 0.4) is 0 Å². The van der Waals surface area contributed by atoms with Crippen LogP contribution in [0.2, 0.25) is 0 Å². The molecular formula is C15H21NO4S. The first-order valence-electron chi connectivity index (χ1n) is 7.11. The van der Waals surface area contributed by atoms with Crippen LogP contribution in [-0.4, -0.2) is 42.8 Å². The van der Waals surface area contributed by atoms with Crippen LogP contribution in [0.5, 0.6) is 0 Å². The van der Waals surface area contributed by atoms with Crippen molar-refractivity contribution in [1.29, 1.82) is 0 Å². The molecule has 0 aliphatic heterocycles. The average molecular weight is 311 g/mol. The van der Waals surface area contributed by atoms with Crippen LogP contribution in [0.4, 0.5) is 0 Å². The number of nitrogens with zero attached hydrogens (tertiary/aromatic N) is 1. The molecule has 5 nitrogen and oxygen atoms in total. The van der Waals surface area contributed by atoms with Gasteiger partial charge in [0.1, 0.15) is 0 Å². The molecule has 1 aliphatic carbocycles. The van der Waals surface area contributed by atoms with E-state index in [2.05, 4.69) is 0 Å². The minimum Gasteiger partial charge on any atom is -0.391 e. The lowest BCUT2D eigenvalue weighted by molar-refractivity contribution is 0.0638. The van der Waals surface area contributed by atoms with Crippen LogP contribution < -0.4 is 0 Å². The van der Waals surface area contributed by atoms with Crippen LogP contribution in [0.1, 0.15) is 43.0 Å². The van der Waals surface area contributed by atoms with E-state index in [0.717, 1.165) is 12.8 Å². The fourth-order valence-corrected chi connectivity index (χ4v) is 4.20. The van der Waals surface area contributed by atoms with E-state index in [9.17, 15) is 18.3 Å². The third kappa shape index (κ3) is 3.33. The predicted octanol–water partition coefficient (Wildman–Crippen LogP) is 1.81. The van der Waals surface area contributed by atoms with Crippen molar-refractivity contribution in [3.8, 4) is 0 Å². The minimum atomic E-state index is -3.71. The Morgan fingerprint density at radius 1 is 1.29 bits per heavy atom. The molecule has 0 aromatic heterocycles. The number of benzene rings is 1. The zero-order valence-electron chi connectivity index (χ0n) is 12.3. The number of aliphatic hydroxyl groups excluding tert-OH is 1. The highest BCUT2D eigenvalue weighted by atomic mass is 32.2. The zero-order valence-corrected chi connectivity index (χ0v) is 13.1. The van der Waals surface area contributed by atoms with E-state index in [1.807, 2.05) is 0 Å². The van der Waals surface area contributed by atoms with Gasteiger partial charge in [0.25, 0.3) is 0 Å². The summed E-state index contributed by atoms with van der Waals surface area (Å²) in [6.07, 6.45) is 2.48. The van der Waals surface area contributed by atoms with E-state index in [-0.39, 0.29) is 10.7 Å². The molecule has 0 bridgehead atoms. The van der Waals surface area contributed by atoms with Crippen LogP contribution in [-0.2, 0) is 10.0 Å².